The van der Waals surface area contributed by atoms with Crippen molar-refractivity contribution < 1.29 is 17.9 Å². The predicted molar refractivity (Wildman–Crippen MR) is 43.1 cm³/mol. The van der Waals surface area contributed by atoms with Gasteiger partial charge in [0, 0.05) is 19.1 Å². The van der Waals surface area contributed by atoms with E-state index in [1.807, 2.05) is 13.8 Å². The molecular weight excluding hydrogens is 185 g/mol. The third kappa shape index (κ3) is 5.07. The Hall–Kier alpha value is -0.330. The zero-order valence-electron chi connectivity index (χ0n) is 7.69. The zero-order chi connectivity index (χ0) is 10.5. The van der Waals surface area contributed by atoms with Gasteiger partial charge in [-0.3, -0.25) is 4.74 Å². The van der Waals surface area contributed by atoms with Crippen LogP contribution in [0.1, 0.15) is 13.8 Å². The first-order valence-electron chi connectivity index (χ1n) is 4.20. The second-order valence-corrected chi connectivity index (χ2v) is 2.42. The van der Waals surface area contributed by atoms with Gasteiger partial charge in [-0.15, -0.1) is 13.2 Å². The molecule has 0 spiro atoms. The number of alkyl halides is 3. The Bertz CT molecular complexity index is 140. The molecule has 0 amide bonds. The van der Waals surface area contributed by atoms with Gasteiger partial charge in [-0.05, 0) is 0 Å². The van der Waals surface area contributed by atoms with Crippen molar-refractivity contribution >= 4 is 0 Å². The van der Waals surface area contributed by atoms with Crippen LogP contribution in [0.5, 0.6) is 0 Å². The SMILES string of the molecule is CC.NC1CNCC1OC(F)(F)F. The van der Waals surface area contributed by atoms with E-state index in [9.17, 15) is 13.2 Å². The van der Waals surface area contributed by atoms with Gasteiger partial charge in [0.15, 0.2) is 0 Å². The molecule has 0 aromatic heterocycles. The van der Waals surface area contributed by atoms with Gasteiger partial charge in [0.05, 0.1) is 6.10 Å². The number of nitrogens with one attached hydrogen (secondary N) is 1. The highest BCUT2D eigenvalue weighted by Gasteiger charge is 2.37. The van der Waals surface area contributed by atoms with E-state index in [4.69, 9.17) is 5.73 Å². The second-order valence-electron chi connectivity index (χ2n) is 2.42. The molecule has 1 aliphatic rings. The van der Waals surface area contributed by atoms with Gasteiger partial charge in [-0.2, -0.15) is 0 Å². The Kier molecular flexibility index (Phi) is 5.27. The maximum atomic E-state index is 11.6. The summed E-state index contributed by atoms with van der Waals surface area (Å²) in [4.78, 5) is 0. The van der Waals surface area contributed by atoms with Gasteiger partial charge in [0.25, 0.3) is 0 Å². The van der Waals surface area contributed by atoms with Crippen molar-refractivity contribution in [2.45, 2.75) is 32.4 Å². The zero-order valence-corrected chi connectivity index (χ0v) is 7.69. The molecule has 0 aromatic carbocycles. The molecule has 0 saturated carbocycles. The molecule has 0 aliphatic carbocycles. The maximum absolute atomic E-state index is 11.6. The minimum atomic E-state index is -4.58. The third-order valence-electron chi connectivity index (χ3n) is 1.49. The Balaban J connectivity index is 0.000000671. The van der Waals surface area contributed by atoms with Crippen LogP contribution in [0.4, 0.5) is 13.2 Å². The van der Waals surface area contributed by atoms with Crippen LogP contribution in [0.3, 0.4) is 0 Å². The number of hydrogen-bond donors (Lipinski definition) is 2. The first-order valence-corrected chi connectivity index (χ1v) is 4.20. The normalized spacial score (nSPS) is 28.2. The quantitative estimate of drug-likeness (QED) is 0.659. The smallest absolute Gasteiger partial charge is 0.324 e. The van der Waals surface area contributed by atoms with Crippen LogP contribution in [0, 0.1) is 0 Å². The first-order chi connectivity index (χ1) is 5.99. The molecule has 1 saturated heterocycles. The Morgan fingerprint density at radius 1 is 1.31 bits per heavy atom. The molecule has 3 nitrogen and oxygen atoms in total. The van der Waals surface area contributed by atoms with Crippen molar-refractivity contribution in [3.8, 4) is 0 Å². The molecule has 1 heterocycles. The van der Waals surface area contributed by atoms with E-state index in [2.05, 4.69) is 10.1 Å². The summed E-state index contributed by atoms with van der Waals surface area (Å²) in [5.74, 6) is 0. The summed E-state index contributed by atoms with van der Waals surface area (Å²) >= 11 is 0. The topological polar surface area (TPSA) is 47.3 Å². The number of nitrogens with two attached hydrogens (primary N) is 1. The van der Waals surface area contributed by atoms with Crippen LogP contribution in [0.2, 0.25) is 0 Å². The maximum Gasteiger partial charge on any atom is 0.522 e. The molecule has 80 valence electrons. The van der Waals surface area contributed by atoms with Gasteiger partial charge in [0.2, 0.25) is 0 Å². The fourth-order valence-electron chi connectivity index (χ4n) is 0.976. The molecule has 0 bridgehead atoms. The van der Waals surface area contributed by atoms with Gasteiger partial charge in [-0.25, -0.2) is 0 Å². The summed E-state index contributed by atoms with van der Waals surface area (Å²) < 4.78 is 38.4. The summed E-state index contributed by atoms with van der Waals surface area (Å²) in [6.07, 6.45) is -5.51. The van der Waals surface area contributed by atoms with Gasteiger partial charge in [-0.1, -0.05) is 13.8 Å². The lowest BCUT2D eigenvalue weighted by Gasteiger charge is -2.16. The van der Waals surface area contributed by atoms with Gasteiger partial charge >= 0.3 is 6.36 Å². The molecule has 2 unspecified atom stereocenters. The summed E-state index contributed by atoms with van der Waals surface area (Å²) in [5, 5.41) is 2.69. The van der Waals surface area contributed by atoms with Crippen LogP contribution in [-0.4, -0.2) is 31.6 Å². The van der Waals surface area contributed by atoms with E-state index in [1.165, 1.54) is 0 Å². The van der Waals surface area contributed by atoms with Crippen LogP contribution in [0.25, 0.3) is 0 Å². The average Bonchev–Trinajstić information content (AvgIpc) is 2.38. The second kappa shape index (κ2) is 5.41. The summed E-state index contributed by atoms with van der Waals surface area (Å²) in [6.45, 7) is 4.54. The van der Waals surface area contributed by atoms with Crippen molar-refractivity contribution in [1.29, 1.82) is 0 Å². The monoisotopic (exact) mass is 200 g/mol. The molecule has 0 radical (unpaired) electrons. The van der Waals surface area contributed by atoms with E-state index in [1.54, 1.807) is 0 Å². The molecule has 2 atom stereocenters. The summed E-state index contributed by atoms with van der Waals surface area (Å²) in [5.41, 5.74) is 5.30. The number of hydrogen-bond acceptors (Lipinski definition) is 3. The van der Waals surface area contributed by atoms with E-state index in [0.717, 1.165) is 0 Å². The third-order valence-corrected chi connectivity index (χ3v) is 1.49. The van der Waals surface area contributed by atoms with Crippen molar-refractivity contribution in [3.63, 3.8) is 0 Å². The standard InChI is InChI=1S/C5H9F3N2O.C2H6/c6-5(7,8)11-4-2-10-1-3(4)9;1-2/h3-4,10H,1-2,9H2;1-2H3. The van der Waals surface area contributed by atoms with E-state index in [0.29, 0.717) is 6.54 Å². The lowest BCUT2D eigenvalue weighted by Crippen LogP contribution is -2.38. The molecule has 3 N–H and O–H groups in total. The molecule has 6 heteroatoms. The average molecular weight is 200 g/mol. The fourth-order valence-corrected chi connectivity index (χ4v) is 0.976. The van der Waals surface area contributed by atoms with Crippen molar-refractivity contribution in [2.75, 3.05) is 13.1 Å². The molecule has 1 aliphatic heterocycles. The van der Waals surface area contributed by atoms with Crippen molar-refractivity contribution in [3.05, 3.63) is 0 Å². The number of ether oxygens (including phenoxy) is 1. The Morgan fingerprint density at radius 2 is 1.85 bits per heavy atom. The van der Waals surface area contributed by atoms with Gasteiger partial charge < -0.3 is 11.1 Å². The minimum absolute atomic E-state index is 0.167. The van der Waals surface area contributed by atoms with Gasteiger partial charge in [0.1, 0.15) is 0 Å². The highest BCUT2D eigenvalue weighted by atomic mass is 19.4. The summed E-state index contributed by atoms with van der Waals surface area (Å²) in [6, 6.07) is -0.559. The van der Waals surface area contributed by atoms with Crippen LogP contribution < -0.4 is 11.1 Å². The van der Waals surface area contributed by atoms with E-state index < -0.39 is 18.5 Å². The van der Waals surface area contributed by atoms with E-state index >= 15 is 0 Å². The van der Waals surface area contributed by atoms with Crippen molar-refractivity contribution in [2.24, 2.45) is 5.73 Å². The number of halogens is 3. The number of rotatable bonds is 1. The Labute approximate surface area is 75.4 Å². The molecule has 13 heavy (non-hydrogen) atoms. The van der Waals surface area contributed by atoms with Crippen LogP contribution in [-0.2, 0) is 4.74 Å². The molecular formula is C7H15F3N2O. The van der Waals surface area contributed by atoms with Crippen molar-refractivity contribution in [1.82, 2.24) is 5.32 Å². The van der Waals surface area contributed by atoms with Crippen LogP contribution >= 0.6 is 0 Å². The molecule has 1 fully saturated rings. The molecule has 0 aromatic rings. The first kappa shape index (κ1) is 12.7. The fraction of sp³-hybridized carbons (Fsp3) is 1.00. The van der Waals surface area contributed by atoms with Crippen LogP contribution in [0.15, 0.2) is 0 Å². The summed E-state index contributed by atoms with van der Waals surface area (Å²) in [7, 11) is 0. The Morgan fingerprint density at radius 3 is 2.15 bits per heavy atom. The lowest BCUT2D eigenvalue weighted by atomic mass is 10.2. The largest absolute Gasteiger partial charge is 0.522 e. The minimum Gasteiger partial charge on any atom is -0.324 e. The highest BCUT2D eigenvalue weighted by Crippen LogP contribution is 2.20. The highest BCUT2D eigenvalue weighted by molar-refractivity contribution is 4.84. The molecule has 1 rings (SSSR count). The predicted octanol–water partition coefficient (Wildman–Crippen LogP) is 0.848. The van der Waals surface area contributed by atoms with E-state index in [-0.39, 0.29) is 6.54 Å². The lowest BCUT2D eigenvalue weighted by molar-refractivity contribution is -0.341.